The van der Waals surface area contributed by atoms with Gasteiger partial charge in [0, 0.05) is 31.4 Å². The first kappa shape index (κ1) is 17.7. The van der Waals surface area contributed by atoms with E-state index in [2.05, 4.69) is 11.6 Å². The Morgan fingerprint density at radius 1 is 1.19 bits per heavy atom. The van der Waals surface area contributed by atoms with E-state index >= 15 is 0 Å². The summed E-state index contributed by atoms with van der Waals surface area (Å²) < 4.78 is 0. The quantitative estimate of drug-likeness (QED) is 0.786. The van der Waals surface area contributed by atoms with E-state index in [0.717, 1.165) is 36.6 Å². The van der Waals surface area contributed by atoms with Crippen LogP contribution in [0.15, 0.2) is 49.1 Å². The van der Waals surface area contributed by atoms with Crippen molar-refractivity contribution in [3.8, 4) is 0 Å². The molecule has 0 aliphatic carbocycles. The minimum atomic E-state index is -0.256. The number of piperidine rings is 2. The van der Waals surface area contributed by atoms with Crippen LogP contribution in [0.5, 0.6) is 0 Å². The largest absolute Gasteiger partial charge is 0.335 e. The second-order valence-electron chi connectivity index (χ2n) is 7.59. The van der Waals surface area contributed by atoms with Crippen LogP contribution in [0, 0.1) is 0 Å². The molecule has 2 amide bonds. The van der Waals surface area contributed by atoms with Crippen LogP contribution < -0.4 is 0 Å². The predicted octanol–water partition coefficient (Wildman–Crippen LogP) is 3.41. The predicted molar refractivity (Wildman–Crippen MR) is 105 cm³/mol. The van der Waals surface area contributed by atoms with Crippen LogP contribution in [0.2, 0.25) is 0 Å². The zero-order valence-electron chi connectivity index (χ0n) is 15.6. The van der Waals surface area contributed by atoms with Gasteiger partial charge < -0.3 is 9.80 Å². The van der Waals surface area contributed by atoms with Crippen molar-refractivity contribution in [2.24, 2.45) is 0 Å². The monoisotopic (exact) mass is 363 g/mol. The number of pyridine rings is 1. The molecule has 2 aliphatic heterocycles. The smallest absolute Gasteiger partial charge is 0.272 e. The molecule has 0 radical (unpaired) electrons. The van der Waals surface area contributed by atoms with Crippen LogP contribution in [0.1, 0.15) is 42.6 Å². The highest BCUT2D eigenvalue weighted by atomic mass is 16.2. The Morgan fingerprint density at radius 3 is 2.85 bits per heavy atom. The molecule has 5 nitrogen and oxygen atoms in total. The van der Waals surface area contributed by atoms with Crippen molar-refractivity contribution in [3.63, 3.8) is 0 Å². The lowest BCUT2D eigenvalue weighted by Crippen LogP contribution is -2.63. The van der Waals surface area contributed by atoms with Crippen LogP contribution in [0.25, 0.3) is 10.9 Å². The van der Waals surface area contributed by atoms with Gasteiger partial charge in [0.05, 0.1) is 11.1 Å². The van der Waals surface area contributed by atoms with Crippen molar-refractivity contribution >= 4 is 22.7 Å². The number of hydrogen-bond acceptors (Lipinski definition) is 3. The molecule has 27 heavy (non-hydrogen) atoms. The fourth-order valence-electron chi connectivity index (χ4n) is 4.58. The lowest BCUT2D eigenvalue weighted by Gasteiger charge is -2.51. The Kier molecular flexibility index (Phi) is 4.68. The van der Waals surface area contributed by atoms with Crippen molar-refractivity contribution in [3.05, 3.63) is 54.7 Å². The van der Waals surface area contributed by atoms with Crippen LogP contribution in [-0.2, 0) is 4.79 Å². The molecule has 1 spiro atoms. The Hall–Kier alpha value is -2.69. The number of amides is 2. The third-order valence-electron chi connectivity index (χ3n) is 5.88. The van der Waals surface area contributed by atoms with E-state index in [1.54, 1.807) is 12.1 Å². The number of hydrogen-bond donors (Lipinski definition) is 0. The molecule has 0 unspecified atom stereocenters. The summed E-state index contributed by atoms with van der Waals surface area (Å²) in [4.78, 5) is 34.1. The van der Waals surface area contributed by atoms with E-state index in [0.29, 0.717) is 31.7 Å². The Labute approximate surface area is 159 Å². The highest BCUT2D eigenvalue weighted by Gasteiger charge is 2.45. The molecule has 140 valence electrons. The van der Waals surface area contributed by atoms with Crippen molar-refractivity contribution < 1.29 is 9.59 Å². The molecular formula is C22H25N3O2. The molecule has 2 aliphatic rings. The summed E-state index contributed by atoms with van der Waals surface area (Å²) in [6.45, 7) is 5.66. The molecule has 2 saturated heterocycles. The van der Waals surface area contributed by atoms with Crippen molar-refractivity contribution in [1.82, 2.24) is 14.8 Å². The zero-order valence-corrected chi connectivity index (χ0v) is 15.6. The van der Waals surface area contributed by atoms with Crippen molar-refractivity contribution in [2.45, 2.75) is 37.6 Å². The van der Waals surface area contributed by atoms with E-state index < -0.39 is 0 Å². The number of nitrogens with zero attached hydrogens (tertiary/aromatic N) is 3. The second kappa shape index (κ2) is 7.14. The lowest BCUT2D eigenvalue weighted by atomic mass is 9.79. The van der Waals surface area contributed by atoms with Gasteiger partial charge in [-0.05, 0) is 37.8 Å². The number of carbonyl (C=O) groups excluding carboxylic acids is 2. The minimum Gasteiger partial charge on any atom is -0.335 e. The minimum absolute atomic E-state index is 0.0450. The van der Waals surface area contributed by atoms with E-state index in [9.17, 15) is 9.59 Å². The van der Waals surface area contributed by atoms with Gasteiger partial charge in [0.15, 0.2) is 0 Å². The molecule has 0 saturated carbocycles. The van der Waals surface area contributed by atoms with Gasteiger partial charge in [0.1, 0.15) is 5.69 Å². The molecule has 1 atom stereocenters. The summed E-state index contributed by atoms with van der Waals surface area (Å²) in [5, 5.41) is 1.03. The highest BCUT2D eigenvalue weighted by Crippen LogP contribution is 2.37. The molecule has 5 heteroatoms. The molecule has 0 bridgehead atoms. The average molecular weight is 363 g/mol. The van der Waals surface area contributed by atoms with E-state index in [-0.39, 0.29) is 17.4 Å². The molecule has 4 rings (SSSR count). The first-order valence-corrected chi connectivity index (χ1v) is 9.69. The standard InChI is InChI=1S/C22H25N3O2/c1-2-14-25-20(26)9-5-12-22(25)13-6-15-24(16-22)21(27)19-11-10-17-7-3-4-8-18(17)23-19/h2-4,7-8,10-11H,1,5-6,9,12-16H2/t22-/m0/s1. The third kappa shape index (κ3) is 3.22. The van der Waals surface area contributed by atoms with Crippen LogP contribution in [0.3, 0.4) is 0 Å². The Morgan fingerprint density at radius 2 is 2.00 bits per heavy atom. The number of benzene rings is 1. The molecule has 2 aromatic rings. The average Bonchev–Trinajstić information content (AvgIpc) is 2.70. The summed E-state index contributed by atoms with van der Waals surface area (Å²) in [6, 6.07) is 11.6. The van der Waals surface area contributed by atoms with Crippen LogP contribution in [-0.4, -0.2) is 51.8 Å². The van der Waals surface area contributed by atoms with Crippen LogP contribution >= 0.6 is 0 Å². The SMILES string of the molecule is C=CCN1C(=O)CCC[C@@]12CCCN(C(=O)c1ccc3ccccc3n1)C2. The second-order valence-corrected chi connectivity index (χ2v) is 7.59. The summed E-state index contributed by atoms with van der Waals surface area (Å²) in [5.41, 5.74) is 1.05. The van der Waals surface area contributed by atoms with E-state index in [1.807, 2.05) is 40.1 Å². The van der Waals surface area contributed by atoms with Gasteiger partial charge in [-0.25, -0.2) is 4.98 Å². The summed E-state index contributed by atoms with van der Waals surface area (Å²) in [7, 11) is 0. The van der Waals surface area contributed by atoms with E-state index in [4.69, 9.17) is 0 Å². The first-order valence-electron chi connectivity index (χ1n) is 9.69. The molecule has 0 N–H and O–H groups in total. The molecule has 3 heterocycles. The molecule has 2 fully saturated rings. The maximum Gasteiger partial charge on any atom is 0.272 e. The Bertz CT molecular complexity index is 890. The zero-order chi connectivity index (χ0) is 18.9. The summed E-state index contributed by atoms with van der Waals surface area (Å²) >= 11 is 0. The number of rotatable bonds is 3. The number of para-hydroxylation sites is 1. The van der Waals surface area contributed by atoms with Gasteiger partial charge in [-0.15, -0.1) is 6.58 Å². The highest BCUT2D eigenvalue weighted by molar-refractivity contribution is 5.95. The topological polar surface area (TPSA) is 53.5 Å². The van der Waals surface area contributed by atoms with Crippen molar-refractivity contribution in [1.29, 1.82) is 0 Å². The fourth-order valence-corrected chi connectivity index (χ4v) is 4.58. The lowest BCUT2D eigenvalue weighted by molar-refractivity contribution is -0.143. The van der Waals surface area contributed by atoms with Gasteiger partial charge >= 0.3 is 0 Å². The van der Waals surface area contributed by atoms with Gasteiger partial charge in [-0.3, -0.25) is 9.59 Å². The Balaban J connectivity index is 1.60. The third-order valence-corrected chi connectivity index (χ3v) is 5.88. The van der Waals surface area contributed by atoms with Crippen molar-refractivity contribution in [2.75, 3.05) is 19.6 Å². The van der Waals surface area contributed by atoms with Gasteiger partial charge in [-0.1, -0.05) is 30.3 Å². The number of fused-ring (bicyclic) bond motifs is 1. The van der Waals surface area contributed by atoms with Gasteiger partial charge in [0.2, 0.25) is 5.91 Å². The molecular weight excluding hydrogens is 338 g/mol. The first-order chi connectivity index (χ1) is 13.1. The molecule has 1 aromatic heterocycles. The maximum absolute atomic E-state index is 13.2. The maximum atomic E-state index is 13.2. The summed E-state index contributed by atoms with van der Waals surface area (Å²) in [5.74, 6) is 0.135. The number of likely N-dealkylation sites (tertiary alicyclic amines) is 2. The van der Waals surface area contributed by atoms with Gasteiger partial charge in [0.25, 0.3) is 5.91 Å². The molecule has 1 aromatic carbocycles. The van der Waals surface area contributed by atoms with Gasteiger partial charge in [-0.2, -0.15) is 0 Å². The number of aromatic nitrogens is 1. The number of carbonyl (C=O) groups is 2. The normalized spacial score (nSPS) is 23.0. The van der Waals surface area contributed by atoms with E-state index in [1.165, 1.54) is 0 Å². The fraction of sp³-hybridized carbons (Fsp3) is 0.409. The summed E-state index contributed by atoms with van der Waals surface area (Å²) in [6.07, 6.45) is 6.07. The van der Waals surface area contributed by atoms with Crippen LogP contribution in [0.4, 0.5) is 0 Å².